The first-order valence-electron chi connectivity index (χ1n) is 6.25. The molecule has 0 bridgehead atoms. The van der Waals surface area contributed by atoms with E-state index in [0.29, 0.717) is 19.1 Å². The molecule has 3 N–H and O–H groups in total. The van der Waals surface area contributed by atoms with Crippen LogP contribution in [0.25, 0.3) is 0 Å². The molecule has 0 fully saturated rings. The third-order valence-corrected chi connectivity index (χ3v) is 2.19. The summed E-state index contributed by atoms with van der Waals surface area (Å²) in [6.07, 6.45) is 0.745. The number of carboxylic acids is 1. The normalized spacial score (nSPS) is 12.2. The Morgan fingerprint density at radius 2 is 1.89 bits per heavy atom. The number of hydrogen-bond donors (Lipinski definition) is 3. The standard InChI is InChI=1S/C12H24N2O4/c1-9(2)8-18-6-4-5-13-12(17)14-7-10(3)11(15)16/h9-10H,4-8H2,1-3H3,(H,15,16)(H2,13,14,17). The smallest absolute Gasteiger partial charge is 0.314 e. The number of rotatable bonds is 9. The zero-order valence-electron chi connectivity index (χ0n) is 11.4. The summed E-state index contributed by atoms with van der Waals surface area (Å²) in [5.74, 6) is -0.985. The molecule has 0 heterocycles. The van der Waals surface area contributed by atoms with E-state index in [1.165, 1.54) is 0 Å². The highest BCUT2D eigenvalue weighted by Gasteiger charge is 2.11. The molecule has 0 aromatic carbocycles. The van der Waals surface area contributed by atoms with E-state index < -0.39 is 11.9 Å². The lowest BCUT2D eigenvalue weighted by atomic mass is 10.2. The maximum Gasteiger partial charge on any atom is 0.314 e. The fraction of sp³-hybridized carbons (Fsp3) is 0.833. The Morgan fingerprint density at radius 3 is 2.44 bits per heavy atom. The second-order valence-corrected chi connectivity index (χ2v) is 4.70. The number of amides is 2. The number of urea groups is 1. The van der Waals surface area contributed by atoms with Crippen molar-refractivity contribution < 1.29 is 19.4 Å². The van der Waals surface area contributed by atoms with E-state index in [1.807, 2.05) is 0 Å². The second-order valence-electron chi connectivity index (χ2n) is 4.70. The van der Waals surface area contributed by atoms with Crippen molar-refractivity contribution >= 4 is 12.0 Å². The van der Waals surface area contributed by atoms with Gasteiger partial charge in [-0.05, 0) is 12.3 Å². The van der Waals surface area contributed by atoms with Crippen molar-refractivity contribution in [3.05, 3.63) is 0 Å². The van der Waals surface area contributed by atoms with Gasteiger partial charge in [0.15, 0.2) is 0 Å². The predicted molar refractivity (Wildman–Crippen MR) is 68.5 cm³/mol. The van der Waals surface area contributed by atoms with Crippen LogP contribution in [0.4, 0.5) is 4.79 Å². The second kappa shape index (κ2) is 9.70. The van der Waals surface area contributed by atoms with Crippen LogP contribution in [0.2, 0.25) is 0 Å². The number of hydrogen-bond acceptors (Lipinski definition) is 3. The maximum atomic E-state index is 11.3. The number of aliphatic carboxylic acids is 1. The Hall–Kier alpha value is -1.30. The van der Waals surface area contributed by atoms with Crippen LogP contribution >= 0.6 is 0 Å². The molecular weight excluding hydrogens is 236 g/mol. The quantitative estimate of drug-likeness (QED) is 0.541. The summed E-state index contributed by atoms with van der Waals surface area (Å²) < 4.78 is 5.36. The summed E-state index contributed by atoms with van der Waals surface area (Å²) in [6, 6.07) is -0.341. The molecule has 18 heavy (non-hydrogen) atoms. The highest BCUT2D eigenvalue weighted by molar-refractivity contribution is 5.75. The molecule has 0 rings (SSSR count). The first-order valence-corrected chi connectivity index (χ1v) is 6.25. The van der Waals surface area contributed by atoms with E-state index in [4.69, 9.17) is 9.84 Å². The lowest BCUT2D eigenvalue weighted by Crippen LogP contribution is -2.39. The van der Waals surface area contributed by atoms with Crippen LogP contribution in [-0.4, -0.2) is 43.4 Å². The molecule has 1 atom stereocenters. The first kappa shape index (κ1) is 16.7. The minimum atomic E-state index is -0.919. The van der Waals surface area contributed by atoms with Gasteiger partial charge in [-0.1, -0.05) is 20.8 Å². The van der Waals surface area contributed by atoms with E-state index in [0.717, 1.165) is 13.0 Å². The van der Waals surface area contributed by atoms with Crippen molar-refractivity contribution in [1.29, 1.82) is 0 Å². The SMILES string of the molecule is CC(C)COCCCNC(=O)NCC(C)C(=O)O. The van der Waals surface area contributed by atoms with Gasteiger partial charge < -0.3 is 20.5 Å². The third-order valence-electron chi connectivity index (χ3n) is 2.19. The van der Waals surface area contributed by atoms with E-state index in [-0.39, 0.29) is 12.6 Å². The summed E-state index contributed by atoms with van der Waals surface area (Å²) >= 11 is 0. The van der Waals surface area contributed by atoms with Crippen LogP contribution in [0.5, 0.6) is 0 Å². The van der Waals surface area contributed by atoms with Gasteiger partial charge >= 0.3 is 12.0 Å². The van der Waals surface area contributed by atoms with Crippen LogP contribution in [0.3, 0.4) is 0 Å². The highest BCUT2D eigenvalue weighted by Crippen LogP contribution is 1.93. The Bertz CT molecular complexity index is 256. The number of carbonyl (C=O) groups excluding carboxylic acids is 1. The van der Waals surface area contributed by atoms with Gasteiger partial charge in [0.1, 0.15) is 0 Å². The van der Waals surface area contributed by atoms with Gasteiger partial charge in [-0.15, -0.1) is 0 Å². The molecule has 1 unspecified atom stereocenters. The number of carbonyl (C=O) groups is 2. The van der Waals surface area contributed by atoms with Crippen molar-refractivity contribution in [2.45, 2.75) is 27.2 Å². The molecule has 0 aliphatic heterocycles. The molecule has 6 nitrogen and oxygen atoms in total. The van der Waals surface area contributed by atoms with Gasteiger partial charge in [0.25, 0.3) is 0 Å². The fourth-order valence-electron chi connectivity index (χ4n) is 1.09. The third kappa shape index (κ3) is 9.89. The van der Waals surface area contributed by atoms with Crippen molar-refractivity contribution in [1.82, 2.24) is 10.6 Å². The average molecular weight is 260 g/mol. The average Bonchev–Trinajstić information content (AvgIpc) is 2.29. The number of carboxylic acid groups (broad SMARTS) is 1. The lowest BCUT2D eigenvalue weighted by molar-refractivity contribution is -0.140. The van der Waals surface area contributed by atoms with Crippen LogP contribution in [-0.2, 0) is 9.53 Å². The molecule has 6 heteroatoms. The number of ether oxygens (including phenoxy) is 1. The molecule has 0 aromatic heterocycles. The molecule has 0 aliphatic rings. The highest BCUT2D eigenvalue weighted by atomic mass is 16.5. The Balaban J connectivity index is 3.40. The molecule has 2 amide bonds. The molecule has 0 aliphatic carbocycles. The van der Waals surface area contributed by atoms with E-state index in [9.17, 15) is 9.59 Å². The van der Waals surface area contributed by atoms with Gasteiger partial charge in [0.2, 0.25) is 0 Å². The van der Waals surface area contributed by atoms with Crippen molar-refractivity contribution in [3.63, 3.8) is 0 Å². The van der Waals surface area contributed by atoms with Crippen molar-refractivity contribution in [3.8, 4) is 0 Å². The molecule has 0 saturated heterocycles. The fourth-order valence-corrected chi connectivity index (χ4v) is 1.09. The minimum Gasteiger partial charge on any atom is -0.481 e. The topological polar surface area (TPSA) is 87.7 Å². The van der Waals surface area contributed by atoms with Crippen LogP contribution in [0.1, 0.15) is 27.2 Å². The van der Waals surface area contributed by atoms with Crippen LogP contribution < -0.4 is 10.6 Å². The molecule has 106 valence electrons. The predicted octanol–water partition coefficient (Wildman–Crippen LogP) is 1.07. The van der Waals surface area contributed by atoms with Crippen LogP contribution in [0, 0.1) is 11.8 Å². The lowest BCUT2D eigenvalue weighted by Gasteiger charge is -2.10. The van der Waals surface area contributed by atoms with Crippen LogP contribution in [0.15, 0.2) is 0 Å². The Labute approximate surface area is 108 Å². The van der Waals surface area contributed by atoms with E-state index in [2.05, 4.69) is 24.5 Å². The molecule has 0 aromatic rings. The van der Waals surface area contributed by atoms with Crippen molar-refractivity contribution in [2.75, 3.05) is 26.3 Å². The van der Waals surface area contributed by atoms with Gasteiger partial charge in [-0.3, -0.25) is 4.79 Å². The summed E-state index contributed by atoms with van der Waals surface area (Å²) in [6.45, 7) is 7.69. The Morgan fingerprint density at radius 1 is 1.22 bits per heavy atom. The van der Waals surface area contributed by atoms with Crippen molar-refractivity contribution in [2.24, 2.45) is 11.8 Å². The maximum absolute atomic E-state index is 11.3. The first-order chi connectivity index (χ1) is 8.43. The molecule has 0 radical (unpaired) electrons. The van der Waals surface area contributed by atoms with Gasteiger partial charge in [-0.2, -0.15) is 0 Å². The van der Waals surface area contributed by atoms with E-state index in [1.54, 1.807) is 6.92 Å². The molecule has 0 spiro atoms. The molecular formula is C12H24N2O4. The Kier molecular flexibility index (Phi) is 9.00. The van der Waals surface area contributed by atoms with Gasteiger partial charge in [-0.25, -0.2) is 4.79 Å². The molecule has 0 saturated carbocycles. The zero-order valence-corrected chi connectivity index (χ0v) is 11.4. The summed E-state index contributed by atoms with van der Waals surface area (Å²) in [4.78, 5) is 21.8. The monoisotopic (exact) mass is 260 g/mol. The number of nitrogens with one attached hydrogen (secondary N) is 2. The zero-order chi connectivity index (χ0) is 14.0. The summed E-state index contributed by atoms with van der Waals surface area (Å²) in [5.41, 5.74) is 0. The van der Waals surface area contributed by atoms with Gasteiger partial charge in [0, 0.05) is 26.3 Å². The largest absolute Gasteiger partial charge is 0.481 e. The van der Waals surface area contributed by atoms with Gasteiger partial charge in [0.05, 0.1) is 5.92 Å². The van der Waals surface area contributed by atoms with E-state index >= 15 is 0 Å². The minimum absolute atomic E-state index is 0.130. The summed E-state index contributed by atoms with van der Waals surface area (Å²) in [7, 11) is 0. The summed E-state index contributed by atoms with van der Waals surface area (Å²) in [5, 5.41) is 13.8.